The minimum absolute atomic E-state index is 0.219. The Morgan fingerprint density at radius 1 is 1.07 bits per heavy atom. The molecular formula is C16H19N7O2S2. The molecule has 2 aromatic heterocycles. The van der Waals surface area contributed by atoms with E-state index in [2.05, 4.69) is 24.3 Å². The molecule has 27 heavy (non-hydrogen) atoms. The van der Waals surface area contributed by atoms with E-state index in [9.17, 15) is 8.42 Å². The second-order valence-corrected chi connectivity index (χ2v) is 8.52. The molecule has 0 saturated carbocycles. The zero-order valence-corrected chi connectivity index (χ0v) is 16.4. The molecule has 0 atom stereocenters. The molecule has 11 heteroatoms. The molecule has 1 saturated heterocycles. The SMILES string of the molecule is CCNc1ccc(N2CCN(S(=O)(=O)c3cccc4nsnc34)CC2)nn1. The van der Waals surface area contributed by atoms with Crippen LogP contribution in [0.2, 0.25) is 0 Å². The van der Waals surface area contributed by atoms with Gasteiger partial charge in [-0.1, -0.05) is 6.07 Å². The topological polar surface area (TPSA) is 104 Å². The average molecular weight is 406 g/mol. The van der Waals surface area contributed by atoms with Crippen molar-refractivity contribution in [1.29, 1.82) is 0 Å². The number of nitrogens with one attached hydrogen (secondary N) is 1. The highest BCUT2D eigenvalue weighted by Gasteiger charge is 2.31. The molecule has 0 amide bonds. The van der Waals surface area contributed by atoms with Crippen LogP contribution in [-0.2, 0) is 10.0 Å². The van der Waals surface area contributed by atoms with Crippen molar-refractivity contribution >= 4 is 44.4 Å². The molecule has 1 aliphatic rings. The normalized spacial score (nSPS) is 16.0. The first-order valence-electron chi connectivity index (χ1n) is 8.63. The first kappa shape index (κ1) is 18.0. The minimum atomic E-state index is -3.61. The third-order valence-corrected chi connectivity index (χ3v) is 6.91. The quantitative estimate of drug-likeness (QED) is 0.680. The summed E-state index contributed by atoms with van der Waals surface area (Å²) in [7, 11) is -3.61. The second-order valence-electron chi connectivity index (χ2n) is 6.09. The average Bonchev–Trinajstić information content (AvgIpc) is 3.18. The van der Waals surface area contributed by atoms with Crippen molar-refractivity contribution in [2.45, 2.75) is 11.8 Å². The first-order valence-corrected chi connectivity index (χ1v) is 10.8. The fraction of sp³-hybridized carbons (Fsp3) is 0.375. The van der Waals surface area contributed by atoms with Crippen LogP contribution in [0.15, 0.2) is 35.2 Å². The van der Waals surface area contributed by atoms with Crippen LogP contribution in [0.5, 0.6) is 0 Å². The maximum atomic E-state index is 13.1. The van der Waals surface area contributed by atoms with Gasteiger partial charge in [0.1, 0.15) is 21.7 Å². The lowest BCUT2D eigenvalue weighted by molar-refractivity contribution is 0.384. The number of piperazine rings is 1. The van der Waals surface area contributed by atoms with Crippen LogP contribution < -0.4 is 10.2 Å². The fourth-order valence-corrected chi connectivity index (χ4v) is 5.23. The molecule has 3 aromatic rings. The molecule has 1 N–H and O–H groups in total. The van der Waals surface area contributed by atoms with E-state index in [0.29, 0.717) is 37.2 Å². The Morgan fingerprint density at radius 3 is 2.59 bits per heavy atom. The zero-order valence-electron chi connectivity index (χ0n) is 14.7. The summed E-state index contributed by atoms with van der Waals surface area (Å²) in [6.07, 6.45) is 0. The second kappa shape index (κ2) is 7.33. The number of hydrogen-bond acceptors (Lipinski definition) is 9. The van der Waals surface area contributed by atoms with E-state index in [1.165, 1.54) is 4.31 Å². The number of hydrogen-bond donors (Lipinski definition) is 1. The number of benzene rings is 1. The smallest absolute Gasteiger partial charge is 0.245 e. The lowest BCUT2D eigenvalue weighted by atomic mass is 10.3. The molecule has 0 spiro atoms. The van der Waals surface area contributed by atoms with Gasteiger partial charge >= 0.3 is 0 Å². The molecule has 0 radical (unpaired) electrons. The molecule has 142 valence electrons. The molecule has 0 unspecified atom stereocenters. The van der Waals surface area contributed by atoms with Gasteiger partial charge in [-0.25, -0.2) is 8.42 Å². The first-order chi connectivity index (χ1) is 13.1. The van der Waals surface area contributed by atoms with E-state index >= 15 is 0 Å². The summed E-state index contributed by atoms with van der Waals surface area (Å²) in [5.74, 6) is 1.48. The van der Waals surface area contributed by atoms with Crippen molar-refractivity contribution in [1.82, 2.24) is 23.2 Å². The summed E-state index contributed by atoms with van der Waals surface area (Å²) in [6, 6.07) is 8.85. The predicted octanol–water partition coefficient (Wildman–Crippen LogP) is 1.42. The molecule has 0 bridgehead atoms. The monoisotopic (exact) mass is 405 g/mol. The number of sulfonamides is 1. The van der Waals surface area contributed by atoms with Crippen LogP contribution in [0.25, 0.3) is 11.0 Å². The fourth-order valence-electron chi connectivity index (χ4n) is 3.06. The Balaban J connectivity index is 1.49. The molecule has 1 aromatic carbocycles. The summed E-state index contributed by atoms with van der Waals surface area (Å²) in [6.45, 7) is 4.66. The number of nitrogens with zero attached hydrogens (tertiary/aromatic N) is 6. The third kappa shape index (κ3) is 3.45. The van der Waals surface area contributed by atoms with Gasteiger partial charge < -0.3 is 10.2 Å². The molecule has 1 fully saturated rings. The van der Waals surface area contributed by atoms with Crippen LogP contribution in [0.4, 0.5) is 11.6 Å². The van der Waals surface area contributed by atoms with Crippen LogP contribution >= 0.6 is 11.7 Å². The highest BCUT2D eigenvalue weighted by atomic mass is 32.2. The summed E-state index contributed by atoms with van der Waals surface area (Å²) in [5, 5.41) is 11.5. The molecule has 3 heterocycles. The largest absolute Gasteiger partial charge is 0.369 e. The van der Waals surface area contributed by atoms with E-state index in [1.807, 2.05) is 24.0 Å². The van der Waals surface area contributed by atoms with Gasteiger partial charge in [-0.2, -0.15) is 13.1 Å². The summed E-state index contributed by atoms with van der Waals surface area (Å²) < 4.78 is 35.9. The summed E-state index contributed by atoms with van der Waals surface area (Å²) in [4.78, 5) is 2.26. The summed E-state index contributed by atoms with van der Waals surface area (Å²) in [5.41, 5.74) is 1.05. The van der Waals surface area contributed by atoms with Gasteiger partial charge in [0.25, 0.3) is 0 Å². The maximum Gasteiger partial charge on any atom is 0.245 e. The highest BCUT2D eigenvalue weighted by molar-refractivity contribution is 7.89. The van der Waals surface area contributed by atoms with Crippen LogP contribution in [-0.4, -0.2) is 64.4 Å². The van der Waals surface area contributed by atoms with Crippen LogP contribution in [0, 0.1) is 0 Å². The molecule has 1 aliphatic heterocycles. The molecule has 9 nitrogen and oxygen atoms in total. The summed E-state index contributed by atoms with van der Waals surface area (Å²) >= 11 is 1.02. The standard InChI is InChI=1S/C16H19N7O2S2/c1-2-17-14-6-7-15(19-18-14)22-8-10-23(11-9-22)27(24,25)13-5-3-4-12-16(13)21-26-20-12/h3-7H,2,8-11H2,1H3,(H,17,18). The number of aromatic nitrogens is 4. The van der Waals surface area contributed by atoms with Gasteiger partial charge in [0, 0.05) is 32.7 Å². The highest BCUT2D eigenvalue weighted by Crippen LogP contribution is 2.25. The van der Waals surface area contributed by atoms with Crippen molar-refractivity contribution in [2.24, 2.45) is 0 Å². The van der Waals surface area contributed by atoms with E-state index in [4.69, 9.17) is 0 Å². The number of anilines is 2. The van der Waals surface area contributed by atoms with E-state index < -0.39 is 10.0 Å². The minimum Gasteiger partial charge on any atom is -0.369 e. The number of fused-ring (bicyclic) bond motifs is 1. The lowest BCUT2D eigenvalue weighted by Gasteiger charge is -2.34. The Hall–Kier alpha value is -2.37. The van der Waals surface area contributed by atoms with Crippen molar-refractivity contribution in [3.8, 4) is 0 Å². The zero-order chi connectivity index (χ0) is 18.9. The van der Waals surface area contributed by atoms with Gasteiger partial charge in [0.15, 0.2) is 5.82 Å². The van der Waals surface area contributed by atoms with Gasteiger partial charge in [-0.15, -0.1) is 10.2 Å². The lowest BCUT2D eigenvalue weighted by Crippen LogP contribution is -2.49. The Labute approximate surface area is 161 Å². The van der Waals surface area contributed by atoms with Crippen molar-refractivity contribution in [2.75, 3.05) is 42.9 Å². The van der Waals surface area contributed by atoms with Crippen molar-refractivity contribution < 1.29 is 8.42 Å². The Morgan fingerprint density at radius 2 is 1.89 bits per heavy atom. The van der Waals surface area contributed by atoms with E-state index in [0.717, 1.165) is 29.9 Å². The Bertz CT molecular complexity index is 1030. The maximum absolute atomic E-state index is 13.1. The van der Waals surface area contributed by atoms with Gasteiger partial charge in [-0.3, -0.25) is 0 Å². The Kier molecular flexibility index (Phi) is 4.89. The van der Waals surface area contributed by atoms with Gasteiger partial charge in [0.2, 0.25) is 10.0 Å². The van der Waals surface area contributed by atoms with E-state index in [1.54, 1.807) is 18.2 Å². The predicted molar refractivity (Wildman–Crippen MR) is 105 cm³/mol. The van der Waals surface area contributed by atoms with Gasteiger partial charge in [0.05, 0.1) is 11.7 Å². The number of rotatable bonds is 5. The molecule has 4 rings (SSSR count). The van der Waals surface area contributed by atoms with Crippen molar-refractivity contribution in [3.63, 3.8) is 0 Å². The van der Waals surface area contributed by atoms with Crippen LogP contribution in [0.3, 0.4) is 0 Å². The van der Waals surface area contributed by atoms with E-state index in [-0.39, 0.29) is 4.90 Å². The van der Waals surface area contributed by atoms with Gasteiger partial charge in [-0.05, 0) is 31.2 Å². The molecular weight excluding hydrogens is 386 g/mol. The van der Waals surface area contributed by atoms with Crippen LogP contribution in [0.1, 0.15) is 6.92 Å². The van der Waals surface area contributed by atoms with Crippen molar-refractivity contribution in [3.05, 3.63) is 30.3 Å². The molecule has 0 aliphatic carbocycles. The third-order valence-electron chi connectivity index (χ3n) is 4.44.